The van der Waals surface area contributed by atoms with Crippen LogP contribution >= 0.6 is 0 Å². The van der Waals surface area contributed by atoms with Crippen LogP contribution in [0.25, 0.3) is 11.1 Å². The van der Waals surface area contributed by atoms with E-state index < -0.39 is 46.4 Å². The van der Waals surface area contributed by atoms with E-state index in [2.05, 4.69) is 4.18 Å². The zero-order valence-electron chi connectivity index (χ0n) is 14.4. The van der Waals surface area contributed by atoms with Crippen molar-refractivity contribution in [1.82, 2.24) is 0 Å². The summed E-state index contributed by atoms with van der Waals surface area (Å²) in [6, 6.07) is 2.54. The van der Waals surface area contributed by atoms with Crippen LogP contribution in [0.1, 0.15) is 6.85 Å². The molecule has 0 aliphatic rings. The quantitative estimate of drug-likeness (QED) is 0.422. The predicted molar refractivity (Wildman–Crippen MR) is 62.2 cm³/mol. The summed E-state index contributed by atoms with van der Waals surface area (Å²) in [4.78, 5) is 0. The Bertz CT molecular complexity index is 828. The first-order valence-corrected chi connectivity index (χ1v) is 5.78. The fraction of sp³-hybridized carbons (Fsp3) is 0. The van der Waals surface area contributed by atoms with Crippen molar-refractivity contribution < 1.29 is 75.4 Å². The summed E-state index contributed by atoms with van der Waals surface area (Å²) in [5, 5.41) is 0. The van der Waals surface area contributed by atoms with Crippen molar-refractivity contribution >= 4 is 10.4 Å². The maximum atomic E-state index is 10.8. The molecule has 0 aliphatic carbocycles. The molecule has 0 aliphatic heterocycles. The summed E-state index contributed by atoms with van der Waals surface area (Å²) >= 11 is 0. The topological polar surface area (TPSA) is 66.4 Å². The minimum atomic E-state index is -5.07. The molecule has 0 saturated heterocycles. The van der Waals surface area contributed by atoms with Gasteiger partial charge >= 0.3 is 51.4 Å². The van der Waals surface area contributed by atoms with Crippen LogP contribution in [0, 0.1) is 0 Å². The molecular formula is C12H9KO4S. The number of rotatable bonds is 3. The summed E-state index contributed by atoms with van der Waals surface area (Å²) in [6.45, 7) is 0. The van der Waals surface area contributed by atoms with E-state index in [-0.39, 0.29) is 62.5 Å². The summed E-state index contributed by atoms with van der Waals surface area (Å²) in [5.74, 6) is -0.406. The van der Waals surface area contributed by atoms with Crippen LogP contribution in [-0.2, 0) is 10.4 Å². The Labute approximate surface area is 155 Å². The first-order valence-electron chi connectivity index (χ1n) is 6.95. The van der Waals surface area contributed by atoms with Crippen molar-refractivity contribution in [3.8, 4) is 16.9 Å². The summed E-state index contributed by atoms with van der Waals surface area (Å²) in [6.07, 6.45) is 0. The molecule has 0 N–H and O–H groups in total. The maximum Gasteiger partial charge on any atom is 1.00 e. The molecule has 0 atom stereocenters. The van der Waals surface area contributed by atoms with Gasteiger partial charge in [0.05, 0.1) is 6.85 Å². The van der Waals surface area contributed by atoms with Gasteiger partial charge in [-0.25, -0.2) is 8.42 Å². The van der Waals surface area contributed by atoms with E-state index in [0.717, 1.165) is 6.07 Å². The standard InChI is InChI=1S/C12H10O4S.K/c13-17(14,15)16-12-9-5-4-8-11(12)10-6-2-1-3-7-10;/h1-9H,(H,13,14,15);/q;+1/p-1/i1D,2D,3D,6D,7D;. The molecule has 0 radical (unpaired) electrons. The average Bonchev–Trinajstić information content (AvgIpc) is 2.43. The van der Waals surface area contributed by atoms with Gasteiger partial charge in [-0.15, -0.1) is 0 Å². The number of para-hydroxylation sites is 1. The zero-order valence-corrected chi connectivity index (χ0v) is 13.3. The first kappa shape index (κ1) is 9.65. The largest absolute Gasteiger partial charge is 1.00 e. The second-order valence-corrected chi connectivity index (χ2v) is 3.97. The van der Waals surface area contributed by atoms with E-state index in [1.165, 1.54) is 18.2 Å². The minimum absolute atomic E-state index is 0. The average molecular weight is 293 g/mol. The molecule has 2 rings (SSSR count). The molecule has 0 spiro atoms. The van der Waals surface area contributed by atoms with Crippen LogP contribution in [0.15, 0.2) is 54.5 Å². The van der Waals surface area contributed by atoms with Crippen molar-refractivity contribution in [3.05, 3.63) is 54.5 Å². The summed E-state index contributed by atoms with van der Waals surface area (Å²) in [7, 11) is -5.07. The summed E-state index contributed by atoms with van der Waals surface area (Å²) in [5.41, 5.74) is -0.329. The molecule has 0 fully saturated rings. The van der Waals surface area contributed by atoms with E-state index in [1.807, 2.05) is 0 Å². The molecule has 2 aromatic carbocycles. The molecule has 0 bridgehead atoms. The second kappa shape index (κ2) is 6.81. The van der Waals surface area contributed by atoms with Gasteiger partial charge in [0.15, 0.2) is 0 Å². The van der Waals surface area contributed by atoms with Crippen LogP contribution < -0.4 is 55.6 Å². The predicted octanol–water partition coefficient (Wildman–Crippen LogP) is -0.803. The van der Waals surface area contributed by atoms with Crippen molar-refractivity contribution in [2.24, 2.45) is 0 Å². The molecular weight excluding hydrogens is 279 g/mol. The third-order valence-corrected chi connectivity index (χ3v) is 2.23. The van der Waals surface area contributed by atoms with E-state index in [1.54, 1.807) is 0 Å². The van der Waals surface area contributed by atoms with Gasteiger partial charge in [0, 0.05) is 5.56 Å². The number of hydrogen-bond donors (Lipinski definition) is 0. The Balaban J connectivity index is 0.00000264. The molecule has 2 aromatic rings. The molecule has 0 amide bonds. The SMILES string of the molecule is [2H]c1c([2H])c([2H])c(-c2ccccc2OS(=O)(=O)[O-])c([2H])c1[2H].[K+]. The molecule has 0 saturated carbocycles. The van der Waals surface area contributed by atoms with Crippen LogP contribution in [0.2, 0.25) is 0 Å². The Hall–Kier alpha value is -0.214. The van der Waals surface area contributed by atoms with E-state index in [9.17, 15) is 13.0 Å². The van der Waals surface area contributed by atoms with Crippen LogP contribution in [0.3, 0.4) is 0 Å². The molecule has 0 aromatic heterocycles. The molecule has 0 unspecified atom stereocenters. The monoisotopic (exact) mass is 293 g/mol. The van der Waals surface area contributed by atoms with Crippen LogP contribution in [0.4, 0.5) is 0 Å². The summed E-state index contributed by atoms with van der Waals surface area (Å²) < 4.78 is 75.0. The maximum absolute atomic E-state index is 10.8. The molecule has 88 valence electrons. The van der Waals surface area contributed by atoms with Crippen molar-refractivity contribution in [3.63, 3.8) is 0 Å². The van der Waals surface area contributed by atoms with Gasteiger partial charge in [-0.1, -0.05) is 48.4 Å². The molecule has 6 heteroatoms. The molecule has 4 nitrogen and oxygen atoms in total. The zero-order chi connectivity index (χ0) is 16.7. The fourth-order valence-electron chi connectivity index (χ4n) is 1.24. The molecule has 18 heavy (non-hydrogen) atoms. The first-order chi connectivity index (χ1) is 10.1. The fourth-order valence-corrected chi connectivity index (χ4v) is 1.61. The van der Waals surface area contributed by atoms with Gasteiger partial charge < -0.3 is 8.74 Å². The third kappa shape index (κ3) is 4.47. The Morgan fingerprint density at radius 1 is 1.11 bits per heavy atom. The third-order valence-electron chi connectivity index (χ3n) is 1.85. The number of benzene rings is 2. The van der Waals surface area contributed by atoms with Crippen molar-refractivity contribution in [1.29, 1.82) is 0 Å². The second-order valence-electron chi connectivity index (χ2n) is 2.99. The van der Waals surface area contributed by atoms with E-state index in [4.69, 9.17) is 6.85 Å². The van der Waals surface area contributed by atoms with Crippen LogP contribution in [-0.4, -0.2) is 13.0 Å². The van der Waals surface area contributed by atoms with Gasteiger partial charge in [0.1, 0.15) is 5.75 Å². The van der Waals surface area contributed by atoms with E-state index in [0.29, 0.717) is 0 Å². The van der Waals surface area contributed by atoms with Crippen LogP contribution in [0.5, 0.6) is 5.75 Å². The van der Waals surface area contributed by atoms with E-state index >= 15 is 0 Å². The van der Waals surface area contributed by atoms with Gasteiger partial charge in [0.25, 0.3) is 10.4 Å². The normalized spacial score (nSPS) is 14.4. The van der Waals surface area contributed by atoms with Gasteiger partial charge in [-0.2, -0.15) is 0 Å². The minimum Gasteiger partial charge on any atom is -0.716 e. The number of hydrogen-bond acceptors (Lipinski definition) is 4. The van der Waals surface area contributed by atoms with Gasteiger partial charge in [0.2, 0.25) is 0 Å². The van der Waals surface area contributed by atoms with Crippen molar-refractivity contribution in [2.45, 2.75) is 0 Å². The van der Waals surface area contributed by atoms with Gasteiger partial charge in [-0.3, -0.25) is 0 Å². The Kier molecular flexibility index (Phi) is 3.65. The Morgan fingerprint density at radius 3 is 2.33 bits per heavy atom. The smallest absolute Gasteiger partial charge is 0.716 e. The Morgan fingerprint density at radius 2 is 1.72 bits per heavy atom. The van der Waals surface area contributed by atoms with Gasteiger partial charge in [-0.05, 0) is 11.6 Å². The molecule has 0 heterocycles. The van der Waals surface area contributed by atoms with Crippen molar-refractivity contribution in [2.75, 3.05) is 0 Å².